The summed E-state index contributed by atoms with van der Waals surface area (Å²) in [6, 6.07) is 0.379. The maximum Gasteiger partial charge on any atom is 0.0521 e. The van der Waals surface area contributed by atoms with Gasteiger partial charge in [-0.2, -0.15) is 5.10 Å². The molecule has 1 aliphatic carbocycles. The maximum atomic E-state index is 6.26. The molecule has 88 valence electrons. The van der Waals surface area contributed by atoms with Crippen LogP contribution in [0.1, 0.15) is 30.5 Å². The summed E-state index contributed by atoms with van der Waals surface area (Å²) in [5, 5.41) is 7.15. The van der Waals surface area contributed by atoms with Gasteiger partial charge < -0.3 is 5.73 Å². The molecule has 3 N–H and O–H groups in total. The molecule has 1 aromatic heterocycles. The summed E-state index contributed by atoms with van der Waals surface area (Å²) in [5.74, 6) is 0. The lowest BCUT2D eigenvalue weighted by Crippen LogP contribution is -2.45. The van der Waals surface area contributed by atoms with Crippen molar-refractivity contribution in [2.75, 3.05) is 13.1 Å². The first-order valence-electron chi connectivity index (χ1n) is 6.16. The largest absolute Gasteiger partial charge is 0.326 e. The van der Waals surface area contributed by atoms with Gasteiger partial charge in [-0.3, -0.25) is 10.00 Å². The van der Waals surface area contributed by atoms with Crippen molar-refractivity contribution in [3.63, 3.8) is 0 Å². The van der Waals surface area contributed by atoms with Gasteiger partial charge in [-0.1, -0.05) is 6.42 Å². The third kappa shape index (κ3) is 1.48. The Kier molecular flexibility index (Phi) is 2.30. The van der Waals surface area contributed by atoms with Gasteiger partial charge in [-0.15, -0.1) is 0 Å². The molecular weight excluding hydrogens is 200 g/mol. The smallest absolute Gasteiger partial charge is 0.0521 e. The van der Waals surface area contributed by atoms with Crippen molar-refractivity contribution < 1.29 is 0 Å². The molecular formula is C12H20N4. The fourth-order valence-corrected chi connectivity index (χ4v) is 3.14. The van der Waals surface area contributed by atoms with Gasteiger partial charge in [-0.25, -0.2) is 0 Å². The van der Waals surface area contributed by atoms with Crippen LogP contribution in [0.2, 0.25) is 0 Å². The molecule has 4 heteroatoms. The van der Waals surface area contributed by atoms with Crippen molar-refractivity contribution in [3.05, 3.63) is 17.5 Å². The van der Waals surface area contributed by atoms with E-state index in [1.807, 2.05) is 6.20 Å². The van der Waals surface area contributed by atoms with Crippen LogP contribution in [0.15, 0.2) is 6.20 Å². The van der Waals surface area contributed by atoms with Crippen molar-refractivity contribution in [1.29, 1.82) is 0 Å². The van der Waals surface area contributed by atoms with Gasteiger partial charge >= 0.3 is 0 Å². The number of nitrogens with two attached hydrogens (primary N) is 1. The molecule has 0 aromatic carbocycles. The highest BCUT2D eigenvalue weighted by Crippen LogP contribution is 2.47. The number of aromatic nitrogens is 2. The number of H-pyrrole nitrogens is 1. The normalized spacial score (nSPS) is 28.5. The molecule has 1 aromatic rings. The number of aryl methyl sites for hydroxylation is 1. The Bertz CT molecular complexity index is 380. The topological polar surface area (TPSA) is 57.9 Å². The lowest BCUT2D eigenvalue weighted by molar-refractivity contribution is 0.121. The zero-order chi connectivity index (χ0) is 11.2. The van der Waals surface area contributed by atoms with Crippen LogP contribution in [0, 0.1) is 12.3 Å². The van der Waals surface area contributed by atoms with Gasteiger partial charge in [0.2, 0.25) is 0 Å². The number of nitrogens with one attached hydrogen (secondary N) is 1. The zero-order valence-corrected chi connectivity index (χ0v) is 9.87. The number of likely N-dealkylation sites (tertiary alicyclic amines) is 1. The van der Waals surface area contributed by atoms with Crippen LogP contribution in [-0.4, -0.2) is 34.2 Å². The van der Waals surface area contributed by atoms with Gasteiger partial charge in [0.15, 0.2) is 0 Å². The van der Waals surface area contributed by atoms with Crippen molar-refractivity contribution in [2.45, 2.75) is 38.8 Å². The summed E-state index contributed by atoms with van der Waals surface area (Å²) in [6.07, 6.45) is 5.91. The van der Waals surface area contributed by atoms with Gasteiger partial charge in [0.25, 0.3) is 0 Å². The van der Waals surface area contributed by atoms with E-state index < -0.39 is 0 Å². The van der Waals surface area contributed by atoms with E-state index in [1.165, 1.54) is 37.1 Å². The van der Waals surface area contributed by atoms with Crippen molar-refractivity contribution in [3.8, 4) is 0 Å². The lowest BCUT2D eigenvalue weighted by atomic mass is 9.66. The fourth-order valence-electron chi connectivity index (χ4n) is 3.14. The summed E-state index contributed by atoms with van der Waals surface area (Å²) in [4.78, 5) is 2.48. The molecule has 2 heterocycles. The minimum Gasteiger partial charge on any atom is -0.326 e. The molecule has 3 rings (SSSR count). The molecule has 0 radical (unpaired) electrons. The van der Waals surface area contributed by atoms with Crippen LogP contribution in [0.4, 0.5) is 0 Å². The summed E-state index contributed by atoms with van der Waals surface area (Å²) < 4.78 is 0. The van der Waals surface area contributed by atoms with Crippen molar-refractivity contribution in [1.82, 2.24) is 15.1 Å². The third-order valence-electron chi connectivity index (χ3n) is 4.44. The van der Waals surface area contributed by atoms with Crippen LogP contribution in [0.5, 0.6) is 0 Å². The Morgan fingerprint density at radius 3 is 2.94 bits per heavy atom. The van der Waals surface area contributed by atoms with Crippen LogP contribution in [0.3, 0.4) is 0 Å². The van der Waals surface area contributed by atoms with E-state index in [9.17, 15) is 0 Å². The van der Waals surface area contributed by atoms with E-state index in [2.05, 4.69) is 22.0 Å². The molecule has 0 amide bonds. The summed E-state index contributed by atoms with van der Waals surface area (Å²) in [5.41, 5.74) is 9.21. The molecule has 1 saturated carbocycles. The summed E-state index contributed by atoms with van der Waals surface area (Å²) >= 11 is 0. The molecule has 2 aliphatic rings. The highest BCUT2D eigenvalue weighted by molar-refractivity contribution is 5.15. The molecule has 1 aliphatic heterocycles. The van der Waals surface area contributed by atoms with Crippen molar-refractivity contribution >= 4 is 0 Å². The lowest BCUT2D eigenvalue weighted by Gasteiger charge is -2.41. The summed E-state index contributed by atoms with van der Waals surface area (Å²) in [7, 11) is 0. The zero-order valence-electron chi connectivity index (χ0n) is 9.87. The summed E-state index contributed by atoms with van der Waals surface area (Å²) in [6.45, 7) is 5.29. The first kappa shape index (κ1) is 10.3. The Morgan fingerprint density at radius 1 is 1.62 bits per heavy atom. The fraction of sp³-hybridized carbons (Fsp3) is 0.750. The number of rotatable bonds is 2. The second-order valence-corrected chi connectivity index (χ2v) is 5.52. The first-order chi connectivity index (χ1) is 7.70. The molecule has 2 fully saturated rings. The quantitative estimate of drug-likeness (QED) is 0.782. The molecule has 16 heavy (non-hydrogen) atoms. The molecule has 1 unspecified atom stereocenters. The van der Waals surface area contributed by atoms with Gasteiger partial charge in [0.1, 0.15) is 0 Å². The molecule has 0 bridgehead atoms. The molecule has 1 atom stereocenters. The predicted octanol–water partition coefficient (Wildman–Crippen LogP) is 1.03. The second kappa shape index (κ2) is 3.57. The van der Waals surface area contributed by atoms with Crippen LogP contribution < -0.4 is 5.73 Å². The van der Waals surface area contributed by atoms with E-state index in [-0.39, 0.29) is 0 Å². The van der Waals surface area contributed by atoms with Crippen LogP contribution >= 0.6 is 0 Å². The molecule has 4 nitrogen and oxygen atoms in total. The van der Waals surface area contributed by atoms with E-state index in [0.29, 0.717) is 11.5 Å². The van der Waals surface area contributed by atoms with E-state index in [0.717, 1.165) is 13.1 Å². The SMILES string of the molecule is Cc1cn[nH]c1CN1CC(N)C2(CCC2)C1. The van der Waals surface area contributed by atoms with Crippen LogP contribution in [0.25, 0.3) is 0 Å². The standard InChI is InChI=1S/C12H20N4/c1-9-5-14-15-10(9)6-16-7-11(13)12(8-16)3-2-4-12/h5,11H,2-4,6-8,13H2,1H3,(H,14,15). The predicted molar refractivity (Wildman–Crippen MR) is 62.9 cm³/mol. The van der Waals surface area contributed by atoms with E-state index >= 15 is 0 Å². The van der Waals surface area contributed by atoms with Gasteiger partial charge in [-0.05, 0) is 30.7 Å². The number of hydrogen-bond donors (Lipinski definition) is 2. The van der Waals surface area contributed by atoms with Crippen LogP contribution in [-0.2, 0) is 6.54 Å². The van der Waals surface area contributed by atoms with Crippen molar-refractivity contribution in [2.24, 2.45) is 11.1 Å². The third-order valence-corrected chi connectivity index (χ3v) is 4.44. The average molecular weight is 220 g/mol. The molecule has 1 saturated heterocycles. The second-order valence-electron chi connectivity index (χ2n) is 5.52. The van der Waals surface area contributed by atoms with E-state index in [4.69, 9.17) is 5.73 Å². The number of hydrogen-bond acceptors (Lipinski definition) is 3. The number of nitrogens with zero attached hydrogens (tertiary/aromatic N) is 2. The minimum absolute atomic E-state index is 0.379. The first-order valence-corrected chi connectivity index (χ1v) is 6.16. The Hall–Kier alpha value is -0.870. The Morgan fingerprint density at radius 2 is 2.44 bits per heavy atom. The monoisotopic (exact) mass is 220 g/mol. The Labute approximate surface area is 96.2 Å². The maximum absolute atomic E-state index is 6.26. The van der Waals surface area contributed by atoms with Gasteiger partial charge in [0.05, 0.1) is 11.9 Å². The average Bonchev–Trinajstić information content (AvgIpc) is 2.71. The molecule has 1 spiro atoms. The number of aromatic amines is 1. The highest BCUT2D eigenvalue weighted by atomic mass is 15.2. The van der Waals surface area contributed by atoms with Gasteiger partial charge in [0, 0.05) is 25.7 Å². The minimum atomic E-state index is 0.379. The highest BCUT2D eigenvalue weighted by Gasteiger charge is 2.48. The Balaban J connectivity index is 1.68. The van der Waals surface area contributed by atoms with E-state index in [1.54, 1.807) is 0 Å².